The van der Waals surface area contributed by atoms with Crippen LogP contribution in [0, 0.1) is 5.41 Å². The summed E-state index contributed by atoms with van der Waals surface area (Å²) < 4.78 is 0. The molecule has 0 radical (unpaired) electrons. The number of carboxylic acids is 1. The van der Waals surface area contributed by atoms with Gasteiger partial charge in [-0.05, 0) is 38.3 Å². The molecular weight excluding hydrogens is 226 g/mol. The Kier molecular flexibility index (Phi) is 5.20. The molecule has 0 aromatic carbocycles. The van der Waals surface area contributed by atoms with Crippen molar-refractivity contribution in [2.24, 2.45) is 5.41 Å². The van der Waals surface area contributed by atoms with Gasteiger partial charge in [0.1, 0.15) is 0 Å². The summed E-state index contributed by atoms with van der Waals surface area (Å²) in [6.07, 6.45) is 7.10. The molecule has 106 valence electrons. The number of nitrogens with zero attached hydrogens (tertiary/aromatic N) is 1. The van der Waals surface area contributed by atoms with Gasteiger partial charge in [-0.1, -0.05) is 40.0 Å². The van der Waals surface area contributed by atoms with Gasteiger partial charge in [0, 0.05) is 5.54 Å². The monoisotopic (exact) mass is 255 g/mol. The highest BCUT2D eigenvalue weighted by atomic mass is 16.4. The number of hydrogen-bond acceptors (Lipinski definition) is 2. The minimum absolute atomic E-state index is 0.0880. The van der Waals surface area contributed by atoms with Gasteiger partial charge >= 0.3 is 5.97 Å². The number of rotatable bonds is 5. The maximum atomic E-state index is 11.2. The Morgan fingerprint density at radius 3 is 2.22 bits per heavy atom. The molecule has 0 amide bonds. The molecular formula is C15H29NO2. The van der Waals surface area contributed by atoms with Gasteiger partial charge in [-0.3, -0.25) is 4.79 Å². The maximum Gasteiger partial charge on any atom is 0.305 e. The van der Waals surface area contributed by atoms with E-state index >= 15 is 0 Å². The Balaban J connectivity index is 2.66. The van der Waals surface area contributed by atoms with Gasteiger partial charge in [0.05, 0.1) is 6.42 Å². The summed E-state index contributed by atoms with van der Waals surface area (Å²) in [4.78, 5) is 13.5. The molecule has 3 heteroatoms. The fourth-order valence-corrected chi connectivity index (χ4v) is 2.93. The zero-order valence-corrected chi connectivity index (χ0v) is 12.5. The van der Waals surface area contributed by atoms with Gasteiger partial charge in [-0.15, -0.1) is 0 Å². The molecule has 1 aliphatic rings. The van der Waals surface area contributed by atoms with E-state index in [1.54, 1.807) is 0 Å². The number of aliphatic carboxylic acids is 1. The summed E-state index contributed by atoms with van der Waals surface area (Å²) in [6.45, 7) is 7.72. The summed E-state index contributed by atoms with van der Waals surface area (Å²) >= 11 is 0. The van der Waals surface area contributed by atoms with Gasteiger partial charge in [-0.2, -0.15) is 0 Å². The van der Waals surface area contributed by atoms with Crippen molar-refractivity contribution in [1.82, 2.24) is 4.90 Å². The van der Waals surface area contributed by atoms with Crippen molar-refractivity contribution in [2.45, 2.75) is 71.3 Å². The maximum absolute atomic E-state index is 11.2. The van der Waals surface area contributed by atoms with Crippen LogP contribution in [-0.2, 0) is 4.79 Å². The molecule has 0 heterocycles. The van der Waals surface area contributed by atoms with Gasteiger partial charge < -0.3 is 10.0 Å². The van der Waals surface area contributed by atoms with Crippen molar-refractivity contribution >= 4 is 5.97 Å². The van der Waals surface area contributed by atoms with Crippen molar-refractivity contribution in [3.05, 3.63) is 0 Å². The van der Waals surface area contributed by atoms with E-state index in [1.165, 1.54) is 19.3 Å². The molecule has 0 saturated heterocycles. The Hall–Kier alpha value is -0.570. The summed E-state index contributed by atoms with van der Waals surface area (Å²) in [7, 11) is 2.11. The van der Waals surface area contributed by atoms with E-state index in [1.807, 2.05) is 0 Å². The molecule has 0 aromatic rings. The lowest BCUT2D eigenvalue weighted by Gasteiger charge is -2.44. The molecule has 1 fully saturated rings. The molecule has 1 N–H and O–H groups in total. The van der Waals surface area contributed by atoms with Crippen molar-refractivity contribution in [3.8, 4) is 0 Å². The van der Waals surface area contributed by atoms with Crippen molar-refractivity contribution in [3.63, 3.8) is 0 Å². The van der Waals surface area contributed by atoms with Crippen LogP contribution in [0.25, 0.3) is 0 Å². The third kappa shape index (κ3) is 4.60. The van der Waals surface area contributed by atoms with Crippen LogP contribution in [-0.4, -0.2) is 35.1 Å². The van der Waals surface area contributed by atoms with Crippen LogP contribution >= 0.6 is 0 Å². The van der Waals surface area contributed by atoms with Gasteiger partial charge in [0.25, 0.3) is 0 Å². The van der Waals surface area contributed by atoms with Crippen LogP contribution in [0.3, 0.4) is 0 Å². The predicted molar refractivity (Wildman–Crippen MR) is 74.8 cm³/mol. The van der Waals surface area contributed by atoms with E-state index in [2.05, 4.69) is 32.7 Å². The highest BCUT2D eigenvalue weighted by Gasteiger charge is 2.38. The van der Waals surface area contributed by atoms with Crippen LogP contribution in [0.4, 0.5) is 0 Å². The molecule has 0 aliphatic heterocycles. The van der Waals surface area contributed by atoms with Crippen LogP contribution < -0.4 is 0 Å². The average Bonchev–Trinajstić information content (AvgIpc) is 2.25. The first-order valence-electron chi connectivity index (χ1n) is 7.18. The van der Waals surface area contributed by atoms with Gasteiger partial charge in [0.15, 0.2) is 0 Å². The molecule has 1 aliphatic carbocycles. The third-order valence-corrected chi connectivity index (χ3v) is 4.27. The molecule has 3 nitrogen and oxygen atoms in total. The van der Waals surface area contributed by atoms with E-state index in [-0.39, 0.29) is 5.54 Å². The normalized spacial score (nSPS) is 20.1. The lowest BCUT2D eigenvalue weighted by Crippen LogP contribution is -2.50. The van der Waals surface area contributed by atoms with E-state index in [0.29, 0.717) is 11.8 Å². The first-order valence-corrected chi connectivity index (χ1v) is 7.18. The van der Waals surface area contributed by atoms with Crippen LogP contribution in [0.5, 0.6) is 0 Å². The SMILES string of the molecule is CN(CCC(C)(C)C)C1(CC(=O)O)CCCCC1. The quantitative estimate of drug-likeness (QED) is 0.817. The number of hydrogen-bond donors (Lipinski definition) is 1. The van der Waals surface area contributed by atoms with Crippen LogP contribution in [0.15, 0.2) is 0 Å². The molecule has 1 saturated carbocycles. The first-order chi connectivity index (χ1) is 8.25. The second-order valence-electron chi connectivity index (χ2n) is 7.09. The fraction of sp³-hybridized carbons (Fsp3) is 0.933. The van der Waals surface area contributed by atoms with E-state index in [9.17, 15) is 9.90 Å². The first kappa shape index (κ1) is 15.5. The zero-order chi connectivity index (χ0) is 13.8. The van der Waals surface area contributed by atoms with Gasteiger partial charge in [0.2, 0.25) is 0 Å². The van der Waals surface area contributed by atoms with Crippen molar-refractivity contribution in [2.75, 3.05) is 13.6 Å². The van der Waals surface area contributed by atoms with E-state index in [4.69, 9.17) is 0 Å². The summed E-state index contributed by atoms with van der Waals surface area (Å²) in [5.41, 5.74) is 0.225. The third-order valence-electron chi connectivity index (χ3n) is 4.27. The Morgan fingerprint density at radius 2 is 1.78 bits per heavy atom. The van der Waals surface area contributed by atoms with Crippen LogP contribution in [0.2, 0.25) is 0 Å². The molecule has 0 atom stereocenters. The molecule has 18 heavy (non-hydrogen) atoms. The topological polar surface area (TPSA) is 40.5 Å². The fourth-order valence-electron chi connectivity index (χ4n) is 2.93. The minimum atomic E-state index is -0.653. The Labute approximate surface area is 112 Å². The largest absolute Gasteiger partial charge is 0.481 e. The number of carbonyl (C=O) groups is 1. The molecule has 0 aromatic heterocycles. The number of carboxylic acid groups (broad SMARTS) is 1. The highest BCUT2D eigenvalue weighted by molar-refractivity contribution is 5.68. The van der Waals surface area contributed by atoms with Crippen molar-refractivity contribution in [1.29, 1.82) is 0 Å². The van der Waals surface area contributed by atoms with E-state index < -0.39 is 5.97 Å². The summed E-state index contributed by atoms with van der Waals surface area (Å²) in [5, 5.41) is 9.18. The molecule has 0 unspecified atom stereocenters. The zero-order valence-electron chi connectivity index (χ0n) is 12.5. The summed E-state index contributed by atoms with van der Waals surface area (Å²) in [6, 6.07) is 0. The van der Waals surface area contributed by atoms with Crippen molar-refractivity contribution < 1.29 is 9.90 Å². The predicted octanol–water partition coefficient (Wildman–Crippen LogP) is 3.53. The van der Waals surface area contributed by atoms with Gasteiger partial charge in [-0.25, -0.2) is 0 Å². The minimum Gasteiger partial charge on any atom is -0.481 e. The van der Waals surface area contributed by atoms with E-state index in [0.717, 1.165) is 25.8 Å². The molecule has 1 rings (SSSR count). The summed E-state index contributed by atoms with van der Waals surface area (Å²) in [5.74, 6) is -0.653. The Morgan fingerprint density at radius 1 is 1.22 bits per heavy atom. The second kappa shape index (κ2) is 6.05. The van der Waals surface area contributed by atoms with Crippen LogP contribution in [0.1, 0.15) is 65.7 Å². The smallest absolute Gasteiger partial charge is 0.305 e. The Bertz CT molecular complexity index is 275. The molecule has 0 spiro atoms. The molecule has 0 bridgehead atoms. The lowest BCUT2D eigenvalue weighted by molar-refractivity contribution is -0.141. The lowest BCUT2D eigenvalue weighted by atomic mass is 9.77. The second-order valence-corrected chi connectivity index (χ2v) is 7.09. The standard InChI is InChI=1S/C15H29NO2/c1-14(2,3)10-11-16(4)15(12-13(17)18)8-6-5-7-9-15/h5-12H2,1-4H3,(H,17,18). The highest BCUT2D eigenvalue weighted by Crippen LogP contribution is 2.36. The average molecular weight is 255 g/mol.